The molecule has 2 unspecified atom stereocenters. The van der Waals surface area contributed by atoms with Crippen LogP contribution in [0.4, 0.5) is 0 Å². The van der Waals surface area contributed by atoms with E-state index in [1.807, 2.05) is 30.3 Å². The van der Waals surface area contributed by atoms with Gasteiger partial charge in [0.15, 0.2) is 5.01 Å². The smallest absolute Gasteiger partial charge is 0.221 e. The summed E-state index contributed by atoms with van der Waals surface area (Å²) in [4.78, 5) is 18.4. The lowest BCUT2D eigenvalue weighted by atomic mass is 9.86. The van der Waals surface area contributed by atoms with E-state index >= 15 is 0 Å². The Balaban J connectivity index is 1.99. The normalized spacial score (nSPS) is 22.0. The Hall–Kier alpha value is -1.48. The molecule has 3 heteroatoms. The zero-order valence-corrected chi connectivity index (χ0v) is 12.0. The number of rotatable bonds is 2. The van der Waals surface area contributed by atoms with Gasteiger partial charge in [-0.25, -0.2) is 4.98 Å². The number of hydrogen-bond donors (Lipinski definition) is 0. The summed E-state index contributed by atoms with van der Waals surface area (Å²) in [5.74, 6) is 1.08. The average Bonchev–Trinajstić information content (AvgIpc) is 2.89. The van der Waals surface area contributed by atoms with Crippen LogP contribution in [0.2, 0.25) is 0 Å². The van der Waals surface area contributed by atoms with Gasteiger partial charge in [0.25, 0.3) is 0 Å². The summed E-state index contributed by atoms with van der Waals surface area (Å²) in [5, 5.41) is 0.650. The molecular formula is C16H17NOS. The van der Waals surface area contributed by atoms with E-state index < -0.39 is 0 Å². The van der Waals surface area contributed by atoms with E-state index in [0.717, 1.165) is 11.3 Å². The quantitative estimate of drug-likeness (QED) is 0.759. The Morgan fingerprint density at radius 2 is 1.84 bits per heavy atom. The van der Waals surface area contributed by atoms with Gasteiger partial charge in [-0.1, -0.05) is 44.2 Å². The number of benzene rings is 1. The topological polar surface area (TPSA) is 30.0 Å². The molecule has 98 valence electrons. The predicted octanol–water partition coefficient (Wildman–Crippen LogP) is 4.37. The number of ketones is 1. The Bertz CT molecular complexity index is 575. The summed E-state index contributed by atoms with van der Waals surface area (Å²) in [6.07, 6.45) is 2.38. The highest BCUT2D eigenvalue weighted by molar-refractivity contribution is 7.14. The third kappa shape index (κ3) is 2.23. The fourth-order valence-electron chi connectivity index (χ4n) is 2.63. The fourth-order valence-corrected chi connectivity index (χ4v) is 3.86. The van der Waals surface area contributed by atoms with E-state index in [1.54, 1.807) is 11.3 Å². The maximum absolute atomic E-state index is 12.4. The summed E-state index contributed by atoms with van der Waals surface area (Å²) >= 11 is 1.59. The molecule has 19 heavy (non-hydrogen) atoms. The van der Waals surface area contributed by atoms with Gasteiger partial charge in [0, 0.05) is 10.4 Å². The van der Waals surface area contributed by atoms with Crippen LogP contribution in [0.15, 0.2) is 30.3 Å². The first-order chi connectivity index (χ1) is 9.16. The molecule has 3 rings (SSSR count). The molecular weight excluding hydrogens is 254 g/mol. The van der Waals surface area contributed by atoms with E-state index in [4.69, 9.17) is 0 Å². The zero-order valence-electron chi connectivity index (χ0n) is 11.2. The maximum atomic E-state index is 12.4. The first-order valence-corrected chi connectivity index (χ1v) is 7.59. The van der Waals surface area contributed by atoms with Gasteiger partial charge in [0.1, 0.15) is 0 Å². The van der Waals surface area contributed by atoms with E-state index in [0.29, 0.717) is 16.8 Å². The molecule has 2 atom stereocenters. The molecule has 0 fully saturated rings. The van der Waals surface area contributed by atoms with Crippen LogP contribution in [0.3, 0.4) is 0 Å². The highest BCUT2D eigenvalue weighted by Crippen LogP contribution is 2.41. The minimum atomic E-state index is 0.0550. The Labute approximate surface area is 117 Å². The predicted molar refractivity (Wildman–Crippen MR) is 78.1 cm³/mol. The van der Waals surface area contributed by atoms with Gasteiger partial charge in [-0.15, -0.1) is 11.3 Å². The van der Waals surface area contributed by atoms with E-state index in [9.17, 15) is 4.79 Å². The van der Waals surface area contributed by atoms with Crippen molar-refractivity contribution in [3.63, 3.8) is 0 Å². The number of hydrogen-bond acceptors (Lipinski definition) is 3. The minimum Gasteiger partial charge on any atom is -0.286 e. The summed E-state index contributed by atoms with van der Waals surface area (Å²) in [6, 6.07) is 9.43. The first kappa shape index (κ1) is 12.5. The maximum Gasteiger partial charge on any atom is 0.221 e. The molecule has 0 aliphatic heterocycles. The van der Waals surface area contributed by atoms with Crippen LogP contribution in [0.5, 0.6) is 0 Å². The van der Waals surface area contributed by atoms with Crippen molar-refractivity contribution < 1.29 is 4.79 Å². The summed E-state index contributed by atoms with van der Waals surface area (Å²) < 4.78 is 0. The second-order valence-electron chi connectivity index (χ2n) is 5.34. The molecule has 0 spiro atoms. The lowest BCUT2D eigenvalue weighted by molar-refractivity contribution is 0.103. The molecule has 2 aromatic rings. The Morgan fingerprint density at radius 1 is 1.16 bits per heavy atom. The SMILES string of the molecule is CC1CCC(C)c2sc(C(=O)c3ccccc3)nc21. The van der Waals surface area contributed by atoms with Crippen molar-refractivity contribution in [1.29, 1.82) is 0 Å². The van der Waals surface area contributed by atoms with Crippen molar-refractivity contribution in [2.24, 2.45) is 0 Å². The van der Waals surface area contributed by atoms with Gasteiger partial charge in [-0.05, 0) is 24.7 Å². The van der Waals surface area contributed by atoms with Crippen molar-refractivity contribution in [3.05, 3.63) is 51.5 Å². The molecule has 0 N–H and O–H groups in total. The largest absolute Gasteiger partial charge is 0.286 e. The van der Waals surface area contributed by atoms with Gasteiger partial charge in [0.05, 0.1) is 5.69 Å². The summed E-state index contributed by atoms with van der Waals surface area (Å²) in [6.45, 7) is 4.45. The van der Waals surface area contributed by atoms with Gasteiger partial charge >= 0.3 is 0 Å². The zero-order chi connectivity index (χ0) is 13.4. The summed E-state index contributed by atoms with van der Waals surface area (Å²) in [7, 11) is 0. The van der Waals surface area contributed by atoms with Crippen molar-refractivity contribution in [2.45, 2.75) is 38.5 Å². The second-order valence-corrected chi connectivity index (χ2v) is 6.37. The number of nitrogens with zero attached hydrogens (tertiary/aromatic N) is 1. The van der Waals surface area contributed by atoms with Crippen LogP contribution < -0.4 is 0 Å². The van der Waals surface area contributed by atoms with Crippen molar-refractivity contribution in [2.75, 3.05) is 0 Å². The number of fused-ring (bicyclic) bond motifs is 1. The first-order valence-electron chi connectivity index (χ1n) is 6.77. The van der Waals surface area contributed by atoms with Crippen molar-refractivity contribution >= 4 is 17.1 Å². The third-order valence-electron chi connectivity index (χ3n) is 3.86. The van der Waals surface area contributed by atoms with Crippen LogP contribution in [-0.4, -0.2) is 10.8 Å². The number of carbonyl (C=O) groups is 1. The third-order valence-corrected chi connectivity index (χ3v) is 5.16. The summed E-state index contributed by atoms with van der Waals surface area (Å²) in [5.41, 5.74) is 1.89. The van der Waals surface area contributed by atoms with E-state index in [2.05, 4.69) is 18.8 Å². The van der Waals surface area contributed by atoms with Crippen LogP contribution >= 0.6 is 11.3 Å². The van der Waals surface area contributed by atoms with Gasteiger partial charge in [0.2, 0.25) is 5.78 Å². The van der Waals surface area contributed by atoms with Crippen LogP contribution in [0.1, 0.15) is 64.5 Å². The average molecular weight is 271 g/mol. The second kappa shape index (κ2) is 4.89. The lowest BCUT2D eigenvalue weighted by Gasteiger charge is -2.21. The number of thiazole rings is 1. The van der Waals surface area contributed by atoms with E-state index in [-0.39, 0.29) is 5.78 Å². The fraction of sp³-hybridized carbons (Fsp3) is 0.375. The lowest BCUT2D eigenvalue weighted by Crippen LogP contribution is -2.08. The molecule has 1 aliphatic carbocycles. The van der Waals surface area contributed by atoms with Gasteiger partial charge < -0.3 is 0 Å². The highest BCUT2D eigenvalue weighted by Gasteiger charge is 2.28. The molecule has 2 nitrogen and oxygen atoms in total. The van der Waals surface area contributed by atoms with Gasteiger partial charge in [-0.2, -0.15) is 0 Å². The van der Waals surface area contributed by atoms with Gasteiger partial charge in [-0.3, -0.25) is 4.79 Å². The minimum absolute atomic E-state index is 0.0550. The number of carbonyl (C=O) groups excluding carboxylic acids is 1. The highest BCUT2D eigenvalue weighted by atomic mass is 32.1. The van der Waals surface area contributed by atoms with Crippen molar-refractivity contribution in [3.8, 4) is 0 Å². The molecule has 0 radical (unpaired) electrons. The molecule has 1 aromatic carbocycles. The molecule has 0 saturated carbocycles. The van der Waals surface area contributed by atoms with Crippen LogP contribution in [0.25, 0.3) is 0 Å². The Morgan fingerprint density at radius 3 is 2.53 bits per heavy atom. The van der Waals surface area contributed by atoms with Crippen molar-refractivity contribution in [1.82, 2.24) is 4.98 Å². The van der Waals surface area contributed by atoms with E-state index in [1.165, 1.54) is 17.7 Å². The Kier molecular flexibility index (Phi) is 3.23. The monoisotopic (exact) mass is 271 g/mol. The van der Waals surface area contributed by atoms with Crippen LogP contribution in [0, 0.1) is 0 Å². The van der Waals surface area contributed by atoms with Crippen LogP contribution in [-0.2, 0) is 0 Å². The molecule has 1 heterocycles. The molecule has 1 aliphatic rings. The molecule has 0 saturated heterocycles. The number of aromatic nitrogens is 1. The molecule has 0 bridgehead atoms. The standard InChI is InChI=1S/C16H17NOS/c1-10-8-9-11(2)15-13(10)17-16(19-15)14(18)12-6-4-3-5-7-12/h3-7,10-11H,8-9H2,1-2H3. The molecule has 1 aromatic heterocycles. The molecule has 0 amide bonds.